The fraction of sp³-hybridized carbons (Fsp3) is 0.150. The lowest BCUT2D eigenvalue weighted by molar-refractivity contribution is -0.120. The molecule has 0 radical (unpaired) electrons. The number of amides is 2. The number of fused-ring (bicyclic) bond motifs is 1. The Balaban J connectivity index is 1.35. The summed E-state index contributed by atoms with van der Waals surface area (Å²) in [5.41, 5.74) is 2.00. The van der Waals surface area contributed by atoms with E-state index in [2.05, 4.69) is 27.8 Å². The normalized spacial score (nSPS) is 15.7. The predicted octanol–water partition coefficient (Wildman–Crippen LogP) is 4.18. The van der Waals surface area contributed by atoms with Crippen LogP contribution in [0, 0.1) is 0 Å². The summed E-state index contributed by atoms with van der Waals surface area (Å²) < 4.78 is 0. The minimum atomic E-state index is -0.441. The van der Waals surface area contributed by atoms with Crippen molar-refractivity contribution < 1.29 is 9.59 Å². The number of thioether (sulfide) groups is 1. The number of aromatic nitrogens is 1. The molecule has 0 spiro atoms. The Bertz CT molecular complexity index is 972. The maximum atomic E-state index is 12.4. The van der Waals surface area contributed by atoms with Crippen LogP contribution >= 0.6 is 23.1 Å². The number of hydrogen-bond acceptors (Lipinski definition) is 5. The molecule has 1 unspecified atom stereocenters. The first-order valence-corrected chi connectivity index (χ1v) is 10.2. The summed E-state index contributed by atoms with van der Waals surface area (Å²) in [6.07, 6.45) is 2.68. The highest BCUT2D eigenvalue weighted by molar-refractivity contribution is 8.01. The van der Waals surface area contributed by atoms with Crippen molar-refractivity contribution in [2.24, 2.45) is 0 Å². The zero-order valence-electron chi connectivity index (χ0n) is 14.3. The second-order valence-electron chi connectivity index (χ2n) is 6.14. The Morgan fingerprint density at radius 2 is 1.89 bits per heavy atom. The highest BCUT2D eigenvalue weighted by Gasteiger charge is 2.29. The smallest absolute Gasteiger partial charge is 0.238 e. The Hall–Kier alpha value is -2.64. The molecule has 1 aliphatic rings. The van der Waals surface area contributed by atoms with Gasteiger partial charge in [-0.1, -0.05) is 42.5 Å². The number of nitrogens with one attached hydrogen (secondary N) is 2. The van der Waals surface area contributed by atoms with E-state index in [1.165, 1.54) is 28.7 Å². The van der Waals surface area contributed by atoms with Gasteiger partial charge in [0.1, 0.15) is 0 Å². The highest BCUT2D eigenvalue weighted by atomic mass is 32.2. The third kappa shape index (κ3) is 4.37. The zero-order valence-corrected chi connectivity index (χ0v) is 16.0. The van der Waals surface area contributed by atoms with Crippen molar-refractivity contribution in [1.29, 1.82) is 0 Å². The maximum Gasteiger partial charge on any atom is 0.238 e. The fourth-order valence-corrected chi connectivity index (χ4v) is 4.78. The van der Waals surface area contributed by atoms with E-state index in [0.29, 0.717) is 5.13 Å². The summed E-state index contributed by atoms with van der Waals surface area (Å²) in [7, 11) is 0. The number of carbonyl (C=O) groups is 2. The van der Waals surface area contributed by atoms with Gasteiger partial charge in [-0.25, -0.2) is 4.98 Å². The number of anilines is 2. The predicted molar refractivity (Wildman–Crippen MR) is 109 cm³/mol. The second kappa shape index (κ2) is 7.94. The molecule has 27 heavy (non-hydrogen) atoms. The molecule has 4 rings (SSSR count). The molecule has 0 saturated heterocycles. The van der Waals surface area contributed by atoms with Gasteiger partial charge in [-0.2, -0.15) is 0 Å². The van der Waals surface area contributed by atoms with Crippen molar-refractivity contribution in [1.82, 2.24) is 4.98 Å². The molecule has 136 valence electrons. The largest absolute Gasteiger partial charge is 0.324 e. The average molecular weight is 396 g/mol. The third-order valence-electron chi connectivity index (χ3n) is 4.10. The fourth-order valence-electron chi connectivity index (χ4n) is 2.81. The van der Waals surface area contributed by atoms with Crippen LogP contribution < -0.4 is 10.6 Å². The summed E-state index contributed by atoms with van der Waals surface area (Å²) in [4.78, 5) is 30.9. The molecule has 1 atom stereocenters. The van der Waals surface area contributed by atoms with Crippen LogP contribution in [0.1, 0.15) is 16.9 Å². The van der Waals surface area contributed by atoms with Crippen molar-refractivity contribution in [3.63, 3.8) is 0 Å². The zero-order chi connectivity index (χ0) is 18.6. The lowest BCUT2D eigenvalue weighted by Crippen LogP contribution is -2.32. The summed E-state index contributed by atoms with van der Waals surface area (Å²) in [5, 5.41) is 5.79. The minimum absolute atomic E-state index is 0.110. The van der Waals surface area contributed by atoms with Crippen LogP contribution in [0.15, 0.2) is 65.7 Å². The molecular formula is C20H17N3O2S2. The van der Waals surface area contributed by atoms with Crippen molar-refractivity contribution in [3.05, 3.63) is 71.2 Å². The summed E-state index contributed by atoms with van der Waals surface area (Å²) in [6, 6.07) is 17.7. The van der Waals surface area contributed by atoms with Crippen molar-refractivity contribution in [3.8, 4) is 0 Å². The van der Waals surface area contributed by atoms with E-state index in [4.69, 9.17) is 0 Å². The number of para-hydroxylation sites is 1. The molecule has 2 amide bonds. The van der Waals surface area contributed by atoms with E-state index in [9.17, 15) is 9.59 Å². The van der Waals surface area contributed by atoms with Gasteiger partial charge in [0.2, 0.25) is 11.8 Å². The standard InChI is InChI=1S/C20H17N3O2S2/c24-18(11-17-19(25)22-15-8-4-5-9-16(15)27-17)23-20-21-12-14(26-20)10-13-6-2-1-3-7-13/h1-9,12,17H,10-11H2,(H,22,25)(H,21,23,24). The first-order valence-electron chi connectivity index (χ1n) is 8.52. The van der Waals surface area contributed by atoms with Gasteiger partial charge in [-0.3, -0.25) is 9.59 Å². The lowest BCUT2D eigenvalue weighted by Gasteiger charge is -2.23. The number of nitrogens with zero attached hydrogens (tertiary/aromatic N) is 1. The lowest BCUT2D eigenvalue weighted by atomic mass is 10.1. The molecule has 2 N–H and O–H groups in total. The van der Waals surface area contributed by atoms with E-state index in [1.807, 2.05) is 42.5 Å². The highest BCUT2D eigenvalue weighted by Crippen LogP contribution is 2.36. The quantitative estimate of drug-likeness (QED) is 0.680. The van der Waals surface area contributed by atoms with Crippen LogP contribution in [0.2, 0.25) is 0 Å². The van der Waals surface area contributed by atoms with E-state index in [0.717, 1.165) is 21.9 Å². The van der Waals surface area contributed by atoms with Crippen molar-refractivity contribution in [2.45, 2.75) is 23.0 Å². The monoisotopic (exact) mass is 395 g/mol. The Morgan fingerprint density at radius 3 is 2.74 bits per heavy atom. The van der Waals surface area contributed by atoms with Crippen LogP contribution in [-0.4, -0.2) is 22.0 Å². The van der Waals surface area contributed by atoms with Gasteiger partial charge < -0.3 is 10.6 Å². The van der Waals surface area contributed by atoms with Crippen LogP contribution in [0.25, 0.3) is 0 Å². The molecule has 2 aromatic carbocycles. The molecule has 2 heterocycles. The van der Waals surface area contributed by atoms with Gasteiger partial charge in [0, 0.05) is 28.8 Å². The summed E-state index contributed by atoms with van der Waals surface area (Å²) in [6.45, 7) is 0. The molecule has 1 aromatic heterocycles. The van der Waals surface area contributed by atoms with Gasteiger partial charge in [-0.15, -0.1) is 23.1 Å². The van der Waals surface area contributed by atoms with E-state index in [-0.39, 0.29) is 18.2 Å². The van der Waals surface area contributed by atoms with Crippen molar-refractivity contribution >= 4 is 45.7 Å². The van der Waals surface area contributed by atoms with E-state index >= 15 is 0 Å². The maximum absolute atomic E-state index is 12.4. The summed E-state index contributed by atoms with van der Waals surface area (Å²) in [5.74, 6) is -0.347. The first kappa shape index (κ1) is 17.8. The molecule has 5 nitrogen and oxygen atoms in total. The van der Waals surface area contributed by atoms with Crippen LogP contribution in [-0.2, 0) is 16.0 Å². The summed E-state index contributed by atoms with van der Waals surface area (Å²) >= 11 is 2.88. The molecular weight excluding hydrogens is 378 g/mol. The molecule has 0 bridgehead atoms. The molecule has 3 aromatic rings. The molecule has 0 fully saturated rings. The number of carbonyl (C=O) groups excluding carboxylic acids is 2. The molecule has 0 aliphatic carbocycles. The number of benzene rings is 2. The van der Waals surface area contributed by atoms with Gasteiger partial charge >= 0.3 is 0 Å². The Kier molecular flexibility index (Phi) is 5.22. The van der Waals surface area contributed by atoms with Gasteiger partial charge in [-0.05, 0) is 17.7 Å². The SMILES string of the molecule is O=C(CC1Sc2ccccc2NC1=O)Nc1ncc(Cc2ccccc2)s1. The van der Waals surface area contributed by atoms with E-state index in [1.54, 1.807) is 6.20 Å². The Morgan fingerprint density at radius 1 is 1.11 bits per heavy atom. The van der Waals surface area contributed by atoms with Crippen LogP contribution in [0.5, 0.6) is 0 Å². The van der Waals surface area contributed by atoms with Crippen molar-refractivity contribution in [2.75, 3.05) is 10.6 Å². The average Bonchev–Trinajstić information content (AvgIpc) is 3.10. The van der Waals surface area contributed by atoms with Gasteiger partial charge in [0.15, 0.2) is 5.13 Å². The third-order valence-corrected chi connectivity index (χ3v) is 6.29. The first-order chi connectivity index (χ1) is 13.2. The van der Waals surface area contributed by atoms with E-state index < -0.39 is 5.25 Å². The molecule has 7 heteroatoms. The molecule has 1 aliphatic heterocycles. The number of hydrogen-bond donors (Lipinski definition) is 2. The van der Waals surface area contributed by atoms with Gasteiger partial charge in [0.25, 0.3) is 0 Å². The minimum Gasteiger partial charge on any atom is -0.324 e. The van der Waals surface area contributed by atoms with Gasteiger partial charge in [0.05, 0.1) is 10.9 Å². The second-order valence-corrected chi connectivity index (χ2v) is 8.50. The van der Waals surface area contributed by atoms with Crippen LogP contribution in [0.4, 0.5) is 10.8 Å². The molecule has 0 saturated carbocycles. The Labute approximate surface area is 165 Å². The number of rotatable bonds is 5. The number of thiazole rings is 1. The van der Waals surface area contributed by atoms with Crippen LogP contribution in [0.3, 0.4) is 0 Å². The topological polar surface area (TPSA) is 71.1 Å².